The van der Waals surface area contributed by atoms with E-state index in [0.717, 1.165) is 0 Å². The lowest BCUT2D eigenvalue weighted by Crippen LogP contribution is -2.56. The molecule has 6 nitrogen and oxygen atoms in total. The number of aliphatic hydroxyl groups excluding tert-OH is 1. The summed E-state index contributed by atoms with van der Waals surface area (Å²) in [5, 5.41) is 12.2. The molecule has 0 aliphatic heterocycles. The van der Waals surface area contributed by atoms with Gasteiger partial charge in [-0.3, -0.25) is 5.32 Å². The second-order valence-corrected chi connectivity index (χ2v) is 3.29. The molecule has 0 aromatic carbocycles. The van der Waals surface area contributed by atoms with Crippen LogP contribution in [0.1, 0.15) is 6.92 Å². The zero-order chi connectivity index (χ0) is 10.4. The van der Waals surface area contributed by atoms with Gasteiger partial charge in [0.1, 0.15) is 6.23 Å². The quantitative estimate of drug-likeness (QED) is 0.245. The van der Waals surface area contributed by atoms with Gasteiger partial charge in [-0.15, -0.1) is 0 Å². The Morgan fingerprint density at radius 3 is 2.23 bits per heavy atom. The summed E-state index contributed by atoms with van der Waals surface area (Å²) in [6.45, 7) is 2.53. The lowest BCUT2D eigenvalue weighted by atomic mass is 10.1. The first kappa shape index (κ1) is 12.8. The van der Waals surface area contributed by atoms with Gasteiger partial charge in [-0.2, -0.15) is 0 Å². The zero-order valence-electron chi connectivity index (χ0n) is 7.98. The molecule has 0 aromatic heterocycles. The van der Waals surface area contributed by atoms with Crippen molar-refractivity contribution in [1.29, 1.82) is 0 Å². The third-order valence-corrected chi connectivity index (χ3v) is 1.86. The minimum Gasteiger partial charge on any atom is -0.377 e. The van der Waals surface area contributed by atoms with E-state index in [9.17, 15) is 5.11 Å². The molecule has 0 saturated carbocycles. The Morgan fingerprint density at radius 2 is 1.85 bits per heavy atom. The molecule has 0 heterocycles. The molecule has 13 heavy (non-hydrogen) atoms. The third-order valence-electron chi connectivity index (χ3n) is 1.86. The van der Waals surface area contributed by atoms with Crippen molar-refractivity contribution < 1.29 is 5.11 Å². The molecule has 0 bridgehead atoms. The summed E-state index contributed by atoms with van der Waals surface area (Å²) in [4.78, 5) is 0. The standard InChI is InChI=1S/C7H21N5O/c1-4(9)6(11)7(13)12-3-5(10)2-8/h4-7,12-13H,2-3,8-11H2,1H3. The van der Waals surface area contributed by atoms with Crippen molar-refractivity contribution in [3.63, 3.8) is 0 Å². The predicted octanol–water partition coefficient (Wildman–Crippen LogP) is -3.15. The first-order valence-electron chi connectivity index (χ1n) is 4.37. The number of aliphatic hydroxyl groups is 1. The fourth-order valence-electron chi connectivity index (χ4n) is 0.779. The summed E-state index contributed by atoms with van der Waals surface area (Å²) in [5.41, 5.74) is 21.9. The van der Waals surface area contributed by atoms with Crippen LogP contribution < -0.4 is 28.3 Å². The van der Waals surface area contributed by atoms with E-state index in [1.54, 1.807) is 6.92 Å². The van der Waals surface area contributed by atoms with Gasteiger partial charge in [0.2, 0.25) is 0 Å². The number of hydrogen-bond donors (Lipinski definition) is 6. The monoisotopic (exact) mass is 191 g/mol. The molecule has 0 amide bonds. The van der Waals surface area contributed by atoms with Gasteiger partial charge in [0, 0.05) is 25.2 Å². The fourth-order valence-corrected chi connectivity index (χ4v) is 0.779. The third kappa shape index (κ3) is 5.14. The Labute approximate surface area is 78.6 Å². The molecule has 0 radical (unpaired) electrons. The molecule has 80 valence electrons. The van der Waals surface area contributed by atoms with E-state index in [1.165, 1.54) is 0 Å². The Morgan fingerprint density at radius 1 is 1.31 bits per heavy atom. The Balaban J connectivity index is 3.67. The molecule has 0 fully saturated rings. The summed E-state index contributed by atoms with van der Waals surface area (Å²) in [6.07, 6.45) is -0.836. The molecule has 10 N–H and O–H groups in total. The average Bonchev–Trinajstić information content (AvgIpc) is 2.11. The average molecular weight is 191 g/mol. The molecule has 0 aromatic rings. The van der Waals surface area contributed by atoms with Crippen LogP contribution in [0, 0.1) is 0 Å². The molecule has 4 atom stereocenters. The van der Waals surface area contributed by atoms with Gasteiger partial charge in [0.15, 0.2) is 0 Å². The minimum absolute atomic E-state index is 0.171. The lowest BCUT2D eigenvalue weighted by molar-refractivity contribution is 0.0996. The minimum atomic E-state index is -0.836. The highest BCUT2D eigenvalue weighted by Gasteiger charge is 2.18. The maximum atomic E-state index is 9.42. The predicted molar refractivity (Wildman–Crippen MR) is 52.7 cm³/mol. The van der Waals surface area contributed by atoms with Crippen LogP contribution in [0.2, 0.25) is 0 Å². The van der Waals surface area contributed by atoms with E-state index in [4.69, 9.17) is 22.9 Å². The van der Waals surface area contributed by atoms with Gasteiger partial charge in [0.05, 0.1) is 6.04 Å². The fraction of sp³-hybridized carbons (Fsp3) is 1.00. The van der Waals surface area contributed by atoms with Gasteiger partial charge in [-0.1, -0.05) is 0 Å². The van der Waals surface area contributed by atoms with Crippen molar-refractivity contribution in [2.45, 2.75) is 31.3 Å². The van der Waals surface area contributed by atoms with Crippen molar-refractivity contribution in [3.8, 4) is 0 Å². The van der Waals surface area contributed by atoms with Crippen LogP contribution in [0.3, 0.4) is 0 Å². The SMILES string of the molecule is CC(N)C(N)C(O)NCC(N)CN. The summed E-state index contributed by atoms with van der Waals surface area (Å²) >= 11 is 0. The normalized spacial score (nSPS) is 20.8. The summed E-state index contributed by atoms with van der Waals surface area (Å²) < 4.78 is 0. The maximum Gasteiger partial charge on any atom is 0.121 e. The zero-order valence-corrected chi connectivity index (χ0v) is 7.98. The van der Waals surface area contributed by atoms with Gasteiger partial charge in [-0.05, 0) is 6.92 Å². The second-order valence-electron chi connectivity index (χ2n) is 3.29. The van der Waals surface area contributed by atoms with E-state index >= 15 is 0 Å². The van der Waals surface area contributed by atoms with Gasteiger partial charge in [-0.25, -0.2) is 0 Å². The number of nitrogens with one attached hydrogen (secondary N) is 1. The van der Waals surface area contributed by atoms with E-state index < -0.39 is 12.3 Å². The second kappa shape index (κ2) is 6.25. The Hall–Kier alpha value is -0.240. The molecule has 6 heteroatoms. The van der Waals surface area contributed by atoms with Gasteiger partial charge in [0.25, 0.3) is 0 Å². The van der Waals surface area contributed by atoms with Gasteiger partial charge < -0.3 is 28.0 Å². The van der Waals surface area contributed by atoms with Gasteiger partial charge >= 0.3 is 0 Å². The molecule has 0 spiro atoms. The Bertz CT molecular complexity index is 132. The molecule has 4 unspecified atom stereocenters. The largest absolute Gasteiger partial charge is 0.377 e. The van der Waals surface area contributed by atoms with Crippen LogP contribution in [0.25, 0.3) is 0 Å². The van der Waals surface area contributed by atoms with E-state index in [1.807, 2.05) is 0 Å². The van der Waals surface area contributed by atoms with E-state index in [0.29, 0.717) is 13.1 Å². The van der Waals surface area contributed by atoms with Crippen molar-refractivity contribution in [1.82, 2.24) is 5.32 Å². The van der Waals surface area contributed by atoms with Crippen molar-refractivity contribution >= 4 is 0 Å². The highest BCUT2D eigenvalue weighted by Crippen LogP contribution is 1.90. The van der Waals surface area contributed by atoms with Crippen LogP contribution in [0.4, 0.5) is 0 Å². The first-order chi connectivity index (χ1) is 5.99. The van der Waals surface area contributed by atoms with Crippen LogP contribution in [-0.4, -0.2) is 42.5 Å². The summed E-state index contributed by atoms with van der Waals surface area (Å²) in [7, 11) is 0. The number of rotatable bonds is 6. The smallest absolute Gasteiger partial charge is 0.121 e. The Kier molecular flexibility index (Phi) is 6.13. The number of hydrogen-bond acceptors (Lipinski definition) is 6. The number of nitrogens with two attached hydrogens (primary N) is 4. The lowest BCUT2D eigenvalue weighted by Gasteiger charge is -2.24. The molecular formula is C7H21N5O. The van der Waals surface area contributed by atoms with E-state index in [-0.39, 0.29) is 12.1 Å². The molecule has 0 aliphatic carbocycles. The first-order valence-corrected chi connectivity index (χ1v) is 4.37. The highest BCUT2D eigenvalue weighted by molar-refractivity contribution is 4.79. The van der Waals surface area contributed by atoms with Crippen molar-refractivity contribution in [2.75, 3.05) is 13.1 Å². The summed E-state index contributed by atoms with van der Waals surface area (Å²) in [5.74, 6) is 0. The van der Waals surface area contributed by atoms with Crippen LogP contribution in [-0.2, 0) is 0 Å². The van der Waals surface area contributed by atoms with Crippen LogP contribution >= 0.6 is 0 Å². The maximum absolute atomic E-state index is 9.42. The molecule has 0 aliphatic rings. The molecule has 0 saturated heterocycles. The van der Waals surface area contributed by atoms with Crippen LogP contribution in [0.5, 0.6) is 0 Å². The van der Waals surface area contributed by atoms with Crippen LogP contribution in [0.15, 0.2) is 0 Å². The van der Waals surface area contributed by atoms with Crippen molar-refractivity contribution in [3.05, 3.63) is 0 Å². The molecule has 0 rings (SSSR count). The highest BCUT2D eigenvalue weighted by atomic mass is 16.3. The topological polar surface area (TPSA) is 136 Å². The van der Waals surface area contributed by atoms with E-state index in [2.05, 4.69) is 5.32 Å². The summed E-state index contributed by atoms with van der Waals surface area (Å²) in [6, 6.07) is -0.934. The molecular weight excluding hydrogens is 170 g/mol. The van der Waals surface area contributed by atoms with Crippen molar-refractivity contribution in [2.24, 2.45) is 22.9 Å².